The van der Waals surface area contributed by atoms with Crippen LogP contribution in [0.5, 0.6) is 0 Å². The largest absolute Gasteiger partial charge is 0.394 e. The molecule has 0 aliphatic carbocycles. The number of hydrogen-bond donors (Lipinski definition) is 5. The molecule has 6 N–H and O–H groups in total. The number of hydrogen-bond acceptors (Lipinski definition) is 7. The number of aliphatic hydroxyl groups excluding tert-OH is 4. The van der Waals surface area contributed by atoms with Crippen LogP contribution < -0.4 is 5.73 Å². The van der Waals surface area contributed by atoms with E-state index >= 15 is 0 Å². The van der Waals surface area contributed by atoms with Crippen molar-refractivity contribution in [2.75, 3.05) is 18.1 Å². The van der Waals surface area contributed by atoms with Crippen LogP contribution in [0.2, 0.25) is 0 Å². The SMILES string of the molecule is CCSC(SCC)[C@H](N)[C@@H](O)[C@H](O)[C@H](O)CO.Cl. The van der Waals surface area contributed by atoms with Crippen molar-refractivity contribution in [2.45, 2.75) is 42.8 Å². The molecule has 0 aliphatic heterocycles. The summed E-state index contributed by atoms with van der Waals surface area (Å²) in [5.41, 5.74) is 5.88. The molecule has 4 atom stereocenters. The molecule has 112 valence electrons. The molecule has 18 heavy (non-hydrogen) atoms. The van der Waals surface area contributed by atoms with Crippen LogP contribution in [0.4, 0.5) is 0 Å². The van der Waals surface area contributed by atoms with Gasteiger partial charge in [0, 0.05) is 0 Å². The summed E-state index contributed by atoms with van der Waals surface area (Å²) in [5.74, 6) is 1.72. The second kappa shape index (κ2) is 11.6. The van der Waals surface area contributed by atoms with Crippen molar-refractivity contribution in [1.29, 1.82) is 0 Å². The number of nitrogens with two attached hydrogens (primary N) is 1. The third-order valence-corrected chi connectivity index (χ3v) is 5.07. The number of thioether (sulfide) groups is 2. The maximum absolute atomic E-state index is 9.84. The first-order valence-electron chi connectivity index (χ1n) is 5.63. The molecular weight excluding hydrogens is 298 g/mol. The van der Waals surface area contributed by atoms with Crippen molar-refractivity contribution in [3.8, 4) is 0 Å². The first kappa shape index (κ1) is 21.1. The molecule has 0 bridgehead atoms. The number of halogens is 1. The molecule has 0 aromatic carbocycles. The van der Waals surface area contributed by atoms with E-state index < -0.39 is 31.0 Å². The highest BCUT2D eigenvalue weighted by atomic mass is 35.5. The Bertz CT molecular complexity index is 199. The lowest BCUT2D eigenvalue weighted by Crippen LogP contribution is -2.52. The molecule has 0 rings (SSSR count). The van der Waals surface area contributed by atoms with E-state index in [-0.39, 0.29) is 17.0 Å². The van der Waals surface area contributed by atoms with E-state index in [9.17, 15) is 15.3 Å². The van der Waals surface area contributed by atoms with Gasteiger partial charge in [0.05, 0.1) is 23.3 Å². The molecule has 0 heterocycles. The van der Waals surface area contributed by atoms with E-state index in [4.69, 9.17) is 10.8 Å². The summed E-state index contributed by atoms with van der Waals surface area (Å²) in [5, 5.41) is 37.4. The molecule has 0 amide bonds. The van der Waals surface area contributed by atoms with Gasteiger partial charge in [0.25, 0.3) is 0 Å². The van der Waals surface area contributed by atoms with E-state index in [1.807, 2.05) is 13.8 Å². The van der Waals surface area contributed by atoms with Gasteiger partial charge in [0.2, 0.25) is 0 Å². The minimum Gasteiger partial charge on any atom is -0.394 e. The Balaban J connectivity index is 0. The maximum Gasteiger partial charge on any atom is 0.110 e. The zero-order valence-corrected chi connectivity index (χ0v) is 13.0. The Morgan fingerprint density at radius 3 is 1.78 bits per heavy atom. The van der Waals surface area contributed by atoms with Crippen LogP contribution >= 0.6 is 35.9 Å². The summed E-state index contributed by atoms with van der Waals surface area (Å²) >= 11 is 3.19. The van der Waals surface area contributed by atoms with Crippen molar-refractivity contribution in [2.24, 2.45) is 5.73 Å². The normalized spacial score (nSPS) is 18.0. The van der Waals surface area contributed by atoms with Crippen molar-refractivity contribution in [3.05, 3.63) is 0 Å². The zero-order valence-electron chi connectivity index (χ0n) is 10.6. The van der Waals surface area contributed by atoms with Gasteiger partial charge < -0.3 is 26.2 Å². The molecule has 0 spiro atoms. The average Bonchev–Trinajstić information content (AvgIpc) is 2.34. The third kappa shape index (κ3) is 6.81. The van der Waals surface area contributed by atoms with Gasteiger partial charge in [0.1, 0.15) is 12.2 Å². The lowest BCUT2D eigenvalue weighted by molar-refractivity contribution is -0.0817. The fourth-order valence-electron chi connectivity index (χ4n) is 1.32. The molecule has 0 aliphatic rings. The monoisotopic (exact) mass is 321 g/mol. The van der Waals surface area contributed by atoms with Crippen LogP contribution in [-0.2, 0) is 0 Å². The van der Waals surface area contributed by atoms with Gasteiger partial charge in [-0.2, -0.15) is 0 Å². The minimum absolute atomic E-state index is 0. The molecule has 5 nitrogen and oxygen atoms in total. The predicted octanol–water partition coefficient (Wildman–Crippen LogP) is -0.357. The maximum atomic E-state index is 9.84. The quantitative estimate of drug-likeness (QED) is 0.369. The lowest BCUT2D eigenvalue weighted by atomic mass is 10.0. The van der Waals surface area contributed by atoms with Crippen molar-refractivity contribution < 1.29 is 20.4 Å². The molecular formula is C10H24ClNO4S2. The summed E-state index contributed by atoms with van der Waals surface area (Å²) in [6, 6.07) is -0.652. The zero-order chi connectivity index (χ0) is 13.4. The Morgan fingerprint density at radius 2 is 1.44 bits per heavy atom. The second-order valence-electron chi connectivity index (χ2n) is 3.59. The predicted molar refractivity (Wildman–Crippen MR) is 80.4 cm³/mol. The van der Waals surface area contributed by atoms with Crippen molar-refractivity contribution in [3.63, 3.8) is 0 Å². The fourth-order valence-corrected chi connectivity index (χ4v) is 3.95. The average molecular weight is 322 g/mol. The van der Waals surface area contributed by atoms with Gasteiger partial charge >= 0.3 is 0 Å². The van der Waals surface area contributed by atoms with E-state index in [2.05, 4.69) is 0 Å². The second-order valence-corrected chi connectivity index (χ2v) is 6.72. The molecule has 0 radical (unpaired) electrons. The van der Waals surface area contributed by atoms with E-state index in [0.717, 1.165) is 11.5 Å². The van der Waals surface area contributed by atoms with Gasteiger partial charge in [-0.3, -0.25) is 0 Å². The van der Waals surface area contributed by atoms with E-state index in [1.54, 1.807) is 23.5 Å². The standard InChI is InChI=1S/C10H23NO4S2.ClH/c1-3-16-10(17-4-2)7(11)9(15)8(14)6(13)5-12;/h6-10,12-15H,3-5,11H2,1-2H3;1H/t6-,7-,8-,9-;/m1./s1. The number of aliphatic hydroxyl groups is 4. The summed E-state index contributed by atoms with van der Waals surface area (Å²) < 4.78 is -0.0412. The summed E-state index contributed by atoms with van der Waals surface area (Å²) in [4.78, 5) is 0. The molecule has 8 heteroatoms. The highest BCUT2D eigenvalue weighted by Crippen LogP contribution is 2.28. The Labute approximate surface area is 123 Å². The van der Waals surface area contributed by atoms with Gasteiger partial charge in [-0.15, -0.1) is 35.9 Å². The highest BCUT2D eigenvalue weighted by Gasteiger charge is 2.33. The first-order valence-corrected chi connectivity index (χ1v) is 7.73. The molecule has 0 aromatic rings. The fraction of sp³-hybridized carbons (Fsp3) is 1.00. The molecule has 0 saturated heterocycles. The molecule has 0 fully saturated rings. The summed E-state index contributed by atoms with van der Waals surface area (Å²) in [7, 11) is 0. The van der Waals surface area contributed by atoms with Crippen LogP contribution in [0, 0.1) is 0 Å². The first-order chi connectivity index (χ1) is 7.99. The summed E-state index contributed by atoms with van der Waals surface area (Å²) in [6.07, 6.45) is -4.04. The smallest absolute Gasteiger partial charge is 0.110 e. The third-order valence-electron chi connectivity index (χ3n) is 2.30. The summed E-state index contributed by atoms with van der Waals surface area (Å²) in [6.45, 7) is 3.38. The van der Waals surface area contributed by atoms with Crippen LogP contribution in [0.3, 0.4) is 0 Å². The van der Waals surface area contributed by atoms with Gasteiger partial charge in [-0.25, -0.2) is 0 Å². The van der Waals surface area contributed by atoms with Crippen LogP contribution in [0.25, 0.3) is 0 Å². The van der Waals surface area contributed by atoms with Crippen molar-refractivity contribution in [1.82, 2.24) is 0 Å². The Morgan fingerprint density at radius 1 is 1.00 bits per heavy atom. The van der Waals surface area contributed by atoms with Crippen molar-refractivity contribution >= 4 is 35.9 Å². The molecule has 0 saturated carbocycles. The van der Waals surface area contributed by atoms with Gasteiger partial charge in [0.15, 0.2) is 0 Å². The molecule has 0 aromatic heterocycles. The van der Waals surface area contributed by atoms with Crippen LogP contribution in [0.1, 0.15) is 13.8 Å². The van der Waals surface area contributed by atoms with Gasteiger partial charge in [-0.05, 0) is 11.5 Å². The minimum atomic E-state index is -1.42. The number of rotatable bonds is 9. The highest BCUT2D eigenvalue weighted by molar-refractivity contribution is 8.17. The van der Waals surface area contributed by atoms with Crippen LogP contribution in [-0.4, -0.2) is 67.5 Å². The Hall–Kier alpha value is 0.790. The van der Waals surface area contributed by atoms with Gasteiger partial charge in [-0.1, -0.05) is 13.8 Å². The Kier molecular flexibility index (Phi) is 13.6. The van der Waals surface area contributed by atoms with E-state index in [0.29, 0.717) is 0 Å². The molecule has 0 unspecified atom stereocenters. The van der Waals surface area contributed by atoms with E-state index in [1.165, 1.54) is 0 Å². The van der Waals surface area contributed by atoms with Crippen LogP contribution in [0.15, 0.2) is 0 Å². The lowest BCUT2D eigenvalue weighted by Gasteiger charge is -2.31. The topological polar surface area (TPSA) is 107 Å².